The topological polar surface area (TPSA) is 57.8 Å². The van der Waals surface area contributed by atoms with Gasteiger partial charge in [-0.15, -0.1) is 0 Å². The van der Waals surface area contributed by atoms with Crippen LogP contribution in [0.3, 0.4) is 0 Å². The number of carbonyl (C=O) groups is 1. The Bertz CT molecular complexity index is 778. The van der Waals surface area contributed by atoms with Gasteiger partial charge in [0.15, 0.2) is 0 Å². The molecule has 24 heavy (non-hydrogen) atoms. The minimum Gasteiger partial charge on any atom is -0.356 e. The molecule has 4 nitrogen and oxygen atoms in total. The van der Waals surface area contributed by atoms with E-state index in [1.54, 1.807) is 0 Å². The van der Waals surface area contributed by atoms with Gasteiger partial charge in [-0.05, 0) is 42.7 Å². The van der Waals surface area contributed by atoms with Gasteiger partial charge in [0.2, 0.25) is 5.91 Å². The summed E-state index contributed by atoms with van der Waals surface area (Å²) in [7, 11) is 0. The van der Waals surface area contributed by atoms with Crippen molar-refractivity contribution >= 4 is 28.5 Å². The number of para-hydroxylation sites is 2. The van der Waals surface area contributed by atoms with Crippen molar-refractivity contribution in [1.82, 2.24) is 15.3 Å². The average Bonchev–Trinajstić information content (AvgIpc) is 3.01. The van der Waals surface area contributed by atoms with Gasteiger partial charge in [0.1, 0.15) is 5.82 Å². The van der Waals surface area contributed by atoms with Crippen molar-refractivity contribution in [3.05, 3.63) is 64.9 Å². The molecule has 2 N–H and O–H groups in total. The zero-order valence-electron chi connectivity index (χ0n) is 13.4. The third-order valence-electron chi connectivity index (χ3n) is 3.90. The maximum atomic E-state index is 11.9. The van der Waals surface area contributed by atoms with E-state index in [9.17, 15) is 4.79 Å². The molecular formula is C19H20ClN3O. The molecule has 0 aliphatic heterocycles. The molecule has 0 atom stereocenters. The van der Waals surface area contributed by atoms with Gasteiger partial charge in [-0.1, -0.05) is 35.9 Å². The van der Waals surface area contributed by atoms with E-state index in [1.807, 2.05) is 48.5 Å². The summed E-state index contributed by atoms with van der Waals surface area (Å²) in [5.41, 5.74) is 3.16. The van der Waals surface area contributed by atoms with Crippen LogP contribution in [0.1, 0.15) is 24.2 Å². The normalized spacial score (nSPS) is 10.9. The number of amides is 1. The molecule has 124 valence electrons. The first-order chi connectivity index (χ1) is 11.7. The number of halogens is 1. The van der Waals surface area contributed by atoms with Crippen molar-refractivity contribution in [3.63, 3.8) is 0 Å². The Kier molecular flexibility index (Phi) is 5.49. The van der Waals surface area contributed by atoms with Crippen LogP contribution in [0, 0.1) is 0 Å². The fraction of sp³-hybridized carbons (Fsp3) is 0.263. The summed E-state index contributed by atoms with van der Waals surface area (Å²) < 4.78 is 0. The number of aromatic nitrogens is 2. The smallest absolute Gasteiger partial charge is 0.220 e. The highest BCUT2D eigenvalue weighted by molar-refractivity contribution is 6.30. The molecule has 0 aliphatic carbocycles. The second-order valence-corrected chi connectivity index (χ2v) is 6.22. The lowest BCUT2D eigenvalue weighted by Gasteiger charge is -2.05. The Morgan fingerprint density at radius 3 is 2.67 bits per heavy atom. The van der Waals surface area contributed by atoms with Crippen molar-refractivity contribution in [3.8, 4) is 0 Å². The van der Waals surface area contributed by atoms with E-state index in [2.05, 4.69) is 15.3 Å². The van der Waals surface area contributed by atoms with Crippen LogP contribution in [0.2, 0.25) is 5.02 Å². The Labute approximate surface area is 146 Å². The lowest BCUT2D eigenvalue weighted by molar-refractivity contribution is -0.121. The summed E-state index contributed by atoms with van der Waals surface area (Å²) in [6, 6.07) is 15.6. The largest absolute Gasteiger partial charge is 0.356 e. The van der Waals surface area contributed by atoms with Crippen molar-refractivity contribution in [2.75, 3.05) is 6.54 Å². The Morgan fingerprint density at radius 2 is 1.88 bits per heavy atom. The highest BCUT2D eigenvalue weighted by Gasteiger charge is 2.04. The molecule has 0 saturated carbocycles. The predicted molar refractivity (Wildman–Crippen MR) is 97.2 cm³/mol. The quantitative estimate of drug-likeness (QED) is 0.640. The van der Waals surface area contributed by atoms with Crippen LogP contribution in [0.5, 0.6) is 0 Å². The minimum atomic E-state index is 0.0783. The van der Waals surface area contributed by atoms with E-state index < -0.39 is 0 Å². The van der Waals surface area contributed by atoms with Crippen LogP contribution in [0.4, 0.5) is 0 Å². The number of carbonyl (C=O) groups excluding carboxylic acids is 1. The number of aryl methyl sites for hydroxylation is 2. The molecule has 0 unspecified atom stereocenters. The van der Waals surface area contributed by atoms with Crippen LogP contribution < -0.4 is 5.32 Å². The predicted octanol–water partition coefficient (Wildman–Crippen LogP) is 3.90. The van der Waals surface area contributed by atoms with Crippen LogP contribution in [-0.2, 0) is 17.6 Å². The maximum absolute atomic E-state index is 11.9. The lowest BCUT2D eigenvalue weighted by Crippen LogP contribution is -2.25. The van der Waals surface area contributed by atoms with Gasteiger partial charge in [0.25, 0.3) is 0 Å². The number of benzene rings is 2. The van der Waals surface area contributed by atoms with Crippen LogP contribution in [0.25, 0.3) is 11.0 Å². The van der Waals surface area contributed by atoms with Crippen LogP contribution >= 0.6 is 11.6 Å². The fourth-order valence-electron chi connectivity index (χ4n) is 2.61. The molecule has 0 saturated heterocycles. The molecule has 5 heteroatoms. The number of aromatic amines is 1. The van der Waals surface area contributed by atoms with E-state index in [4.69, 9.17) is 11.6 Å². The van der Waals surface area contributed by atoms with Gasteiger partial charge >= 0.3 is 0 Å². The minimum absolute atomic E-state index is 0.0783. The third-order valence-corrected chi connectivity index (χ3v) is 4.16. The fourth-order valence-corrected chi connectivity index (χ4v) is 2.73. The highest BCUT2D eigenvalue weighted by Crippen LogP contribution is 2.12. The number of imidazole rings is 1. The number of nitrogens with one attached hydrogen (secondary N) is 2. The third kappa shape index (κ3) is 4.59. The first kappa shape index (κ1) is 16.5. The van der Waals surface area contributed by atoms with Crippen molar-refractivity contribution in [2.45, 2.75) is 25.7 Å². The van der Waals surface area contributed by atoms with Gasteiger partial charge < -0.3 is 10.3 Å². The van der Waals surface area contributed by atoms with E-state index in [0.717, 1.165) is 41.7 Å². The zero-order valence-corrected chi connectivity index (χ0v) is 14.1. The van der Waals surface area contributed by atoms with Crippen molar-refractivity contribution < 1.29 is 4.79 Å². The lowest BCUT2D eigenvalue weighted by atomic mass is 10.1. The molecule has 0 fully saturated rings. The number of hydrogen-bond donors (Lipinski definition) is 2. The molecule has 1 heterocycles. The van der Waals surface area contributed by atoms with E-state index in [1.165, 1.54) is 0 Å². The molecule has 2 aromatic carbocycles. The molecule has 1 amide bonds. The summed E-state index contributed by atoms with van der Waals surface area (Å²) >= 11 is 5.85. The SMILES string of the molecule is O=C(CCc1ccc(Cl)cc1)NCCCc1nc2ccccc2[nH]1. The summed E-state index contributed by atoms with van der Waals surface area (Å²) in [4.78, 5) is 19.7. The first-order valence-electron chi connectivity index (χ1n) is 8.15. The second-order valence-electron chi connectivity index (χ2n) is 5.78. The molecule has 3 rings (SSSR count). The Hall–Kier alpha value is -2.33. The molecular weight excluding hydrogens is 322 g/mol. The van der Waals surface area contributed by atoms with Gasteiger partial charge in [0.05, 0.1) is 11.0 Å². The number of hydrogen-bond acceptors (Lipinski definition) is 2. The Balaban J connectivity index is 1.36. The van der Waals surface area contributed by atoms with Gasteiger partial charge in [0, 0.05) is 24.4 Å². The Morgan fingerprint density at radius 1 is 1.08 bits per heavy atom. The molecule has 0 aliphatic rings. The maximum Gasteiger partial charge on any atom is 0.220 e. The molecule has 1 aromatic heterocycles. The monoisotopic (exact) mass is 341 g/mol. The van der Waals surface area contributed by atoms with E-state index in [0.29, 0.717) is 18.0 Å². The van der Waals surface area contributed by atoms with Crippen LogP contribution in [-0.4, -0.2) is 22.4 Å². The first-order valence-corrected chi connectivity index (χ1v) is 8.53. The van der Waals surface area contributed by atoms with Gasteiger partial charge in [-0.25, -0.2) is 4.98 Å². The summed E-state index contributed by atoms with van der Waals surface area (Å²) in [5, 5.41) is 3.68. The average molecular weight is 342 g/mol. The molecule has 0 spiro atoms. The van der Waals surface area contributed by atoms with Gasteiger partial charge in [-0.2, -0.15) is 0 Å². The number of H-pyrrole nitrogens is 1. The second kappa shape index (κ2) is 7.97. The summed E-state index contributed by atoms with van der Waals surface area (Å²) in [6.07, 6.45) is 2.91. The van der Waals surface area contributed by atoms with Gasteiger partial charge in [-0.3, -0.25) is 4.79 Å². The highest BCUT2D eigenvalue weighted by atomic mass is 35.5. The summed E-state index contributed by atoms with van der Waals surface area (Å²) in [5.74, 6) is 1.04. The van der Waals surface area contributed by atoms with Crippen molar-refractivity contribution in [2.24, 2.45) is 0 Å². The summed E-state index contributed by atoms with van der Waals surface area (Å²) in [6.45, 7) is 0.663. The van der Waals surface area contributed by atoms with E-state index >= 15 is 0 Å². The molecule has 0 radical (unpaired) electrons. The molecule has 0 bridgehead atoms. The number of fused-ring (bicyclic) bond motifs is 1. The van der Waals surface area contributed by atoms with E-state index in [-0.39, 0.29) is 5.91 Å². The number of nitrogens with zero attached hydrogens (tertiary/aromatic N) is 1. The molecule has 3 aromatic rings. The number of rotatable bonds is 7. The van der Waals surface area contributed by atoms with Crippen molar-refractivity contribution in [1.29, 1.82) is 0 Å². The van der Waals surface area contributed by atoms with Crippen LogP contribution in [0.15, 0.2) is 48.5 Å². The zero-order chi connectivity index (χ0) is 16.8. The standard InChI is InChI=1S/C19H20ClN3O/c20-15-10-7-14(8-11-15)9-12-19(24)21-13-3-6-18-22-16-4-1-2-5-17(16)23-18/h1-2,4-5,7-8,10-11H,3,6,9,12-13H2,(H,21,24)(H,22,23).